The first-order valence-corrected chi connectivity index (χ1v) is 5.55. The Morgan fingerprint density at radius 2 is 2.00 bits per heavy atom. The largest absolute Gasteiger partial charge is 0.481 e. The second kappa shape index (κ2) is 4.26. The first kappa shape index (κ1) is 11.1. The predicted molar refractivity (Wildman–Crippen MR) is 62.1 cm³/mol. The van der Waals surface area contributed by atoms with E-state index in [1.807, 2.05) is 32.3 Å². The minimum atomic E-state index is -0.659. The van der Waals surface area contributed by atoms with Crippen LogP contribution < -0.4 is 0 Å². The normalized spacial score (nSPS) is 25.4. The van der Waals surface area contributed by atoms with Gasteiger partial charge in [0.1, 0.15) is 0 Å². The zero-order chi connectivity index (χ0) is 11.7. The van der Waals surface area contributed by atoms with Crippen molar-refractivity contribution in [3.63, 3.8) is 0 Å². The summed E-state index contributed by atoms with van der Waals surface area (Å²) in [5, 5.41) is 8.98. The second-order valence-corrected chi connectivity index (χ2v) is 4.66. The van der Waals surface area contributed by atoms with Crippen molar-refractivity contribution in [2.75, 3.05) is 14.1 Å². The Morgan fingerprint density at radius 3 is 2.44 bits per heavy atom. The third-order valence-corrected chi connectivity index (χ3v) is 3.26. The van der Waals surface area contributed by atoms with Crippen molar-refractivity contribution < 1.29 is 9.90 Å². The van der Waals surface area contributed by atoms with E-state index in [0.29, 0.717) is 0 Å². The fourth-order valence-corrected chi connectivity index (χ4v) is 2.43. The number of carbonyl (C=O) groups is 1. The summed E-state index contributed by atoms with van der Waals surface area (Å²) in [6.45, 7) is 0. The van der Waals surface area contributed by atoms with Gasteiger partial charge in [0, 0.05) is 6.04 Å². The Bertz CT molecular complexity index is 375. The molecule has 0 radical (unpaired) electrons. The van der Waals surface area contributed by atoms with E-state index < -0.39 is 5.97 Å². The molecule has 0 bridgehead atoms. The molecule has 0 spiro atoms. The Balaban J connectivity index is 2.17. The summed E-state index contributed by atoms with van der Waals surface area (Å²) in [4.78, 5) is 13.0. The summed E-state index contributed by atoms with van der Waals surface area (Å²) in [5.41, 5.74) is 1.21. The highest BCUT2D eigenvalue weighted by atomic mass is 16.4. The molecule has 1 N–H and O–H groups in total. The molecule has 0 saturated heterocycles. The van der Waals surface area contributed by atoms with Crippen LogP contribution in [0, 0.1) is 11.8 Å². The Hall–Kier alpha value is -1.35. The minimum absolute atomic E-state index is 0.160. The summed E-state index contributed by atoms with van der Waals surface area (Å²) in [7, 11) is 4.02. The number of carboxylic acids is 1. The van der Waals surface area contributed by atoms with Gasteiger partial charge in [-0.25, -0.2) is 0 Å². The molecule has 0 heterocycles. The van der Waals surface area contributed by atoms with E-state index in [1.165, 1.54) is 5.56 Å². The number of benzene rings is 1. The van der Waals surface area contributed by atoms with E-state index in [9.17, 15) is 4.79 Å². The number of aliphatic carboxylic acids is 1. The Morgan fingerprint density at radius 1 is 1.38 bits per heavy atom. The molecule has 1 aliphatic carbocycles. The molecule has 2 rings (SSSR count). The van der Waals surface area contributed by atoms with Gasteiger partial charge in [-0.1, -0.05) is 30.3 Å². The smallest absolute Gasteiger partial charge is 0.306 e. The zero-order valence-corrected chi connectivity index (χ0v) is 9.63. The van der Waals surface area contributed by atoms with Crippen LogP contribution in [0.25, 0.3) is 0 Å². The first-order chi connectivity index (χ1) is 7.61. The quantitative estimate of drug-likeness (QED) is 0.842. The SMILES string of the molecule is CN(C)C(c1ccccc1)C1CC1C(=O)O. The van der Waals surface area contributed by atoms with E-state index in [1.54, 1.807) is 0 Å². The van der Waals surface area contributed by atoms with Crippen LogP contribution in [0.4, 0.5) is 0 Å². The highest BCUT2D eigenvalue weighted by Crippen LogP contribution is 2.49. The van der Waals surface area contributed by atoms with Crippen LogP contribution in [0.15, 0.2) is 30.3 Å². The van der Waals surface area contributed by atoms with E-state index >= 15 is 0 Å². The average Bonchev–Trinajstić information content (AvgIpc) is 2.99. The predicted octanol–water partition coefficient (Wildman–Crippen LogP) is 2.01. The van der Waals surface area contributed by atoms with Crippen molar-refractivity contribution in [3.8, 4) is 0 Å². The molecular formula is C13H17NO2. The van der Waals surface area contributed by atoms with Crippen LogP contribution in [-0.4, -0.2) is 30.1 Å². The highest BCUT2D eigenvalue weighted by molar-refractivity contribution is 5.73. The van der Waals surface area contributed by atoms with Gasteiger partial charge in [0.05, 0.1) is 5.92 Å². The summed E-state index contributed by atoms with van der Waals surface area (Å²) in [6.07, 6.45) is 0.799. The maximum atomic E-state index is 10.9. The lowest BCUT2D eigenvalue weighted by Gasteiger charge is -2.24. The number of hydrogen-bond acceptors (Lipinski definition) is 2. The molecule has 3 heteroatoms. The molecule has 1 aliphatic rings. The van der Waals surface area contributed by atoms with Crippen LogP contribution in [0.3, 0.4) is 0 Å². The summed E-state index contributed by atoms with van der Waals surface area (Å²) >= 11 is 0. The van der Waals surface area contributed by atoms with Gasteiger partial charge in [0.2, 0.25) is 0 Å². The van der Waals surface area contributed by atoms with Crippen LogP contribution in [0.2, 0.25) is 0 Å². The zero-order valence-electron chi connectivity index (χ0n) is 9.63. The van der Waals surface area contributed by atoms with Gasteiger partial charge in [-0.15, -0.1) is 0 Å². The molecule has 1 saturated carbocycles. The van der Waals surface area contributed by atoms with Crippen molar-refractivity contribution in [1.82, 2.24) is 4.90 Å². The highest BCUT2D eigenvalue weighted by Gasteiger charge is 2.49. The fraction of sp³-hybridized carbons (Fsp3) is 0.462. The lowest BCUT2D eigenvalue weighted by molar-refractivity contribution is -0.139. The van der Waals surface area contributed by atoms with Gasteiger partial charge in [-0.05, 0) is 32.0 Å². The van der Waals surface area contributed by atoms with Crippen molar-refractivity contribution >= 4 is 5.97 Å². The van der Waals surface area contributed by atoms with Crippen molar-refractivity contribution in [2.45, 2.75) is 12.5 Å². The molecule has 3 nitrogen and oxygen atoms in total. The Kier molecular flexibility index (Phi) is 2.97. The van der Waals surface area contributed by atoms with Crippen LogP contribution in [0.1, 0.15) is 18.0 Å². The fourth-order valence-electron chi connectivity index (χ4n) is 2.43. The van der Waals surface area contributed by atoms with Gasteiger partial charge < -0.3 is 10.0 Å². The van der Waals surface area contributed by atoms with Gasteiger partial charge in [-0.3, -0.25) is 4.79 Å². The Labute approximate surface area is 95.7 Å². The molecule has 1 fully saturated rings. The molecular weight excluding hydrogens is 202 g/mol. The molecule has 1 aromatic rings. The summed E-state index contributed by atoms with van der Waals surface area (Å²) < 4.78 is 0. The third-order valence-electron chi connectivity index (χ3n) is 3.26. The molecule has 0 amide bonds. The summed E-state index contributed by atoms with van der Waals surface area (Å²) in [6, 6.07) is 10.4. The maximum Gasteiger partial charge on any atom is 0.306 e. The third kappa shape index (κ3) is 2.09. The molecule has 16 heavy (non-hydrogen) atoms. The number of nitrogens with zero attached hydrogens (tertiary/aromatic N) is 1. The number of rotatable bonds is 4. The number of hydrogen-bond donors (Lipinski definition) is 1. The topological polar surface area (TPSA) is 40.5 Å². The second-order valence-electron chi connectivity index (χ2n) is 4.66. The van der Waals surface area contributed by atoms with Crippen molar-refractivity contribution in [2.24, 2.45) is 11.8 Å². The van der Waals surface area contributed by atoms with Crippen molar-refractivity contribution in [3.05, 3.63) is 35.9 Å². The van der Waals surface area contributed by atoms with Crippen molar-refractivity contribution in [1.29, 1.82) is 0 Å². The van der Waals surface area contributed by atoms with E-state index in [0.717, 1.165) is 6.42 Å². The van der Waals surface area contributed by atoms with Crippen LogP contribution in [0.5, 0.6) is 0 Å². The molecule has 3 atom stereocenters. The standard InChI is InChI=1S/C13H17NO2/c1-14(2)12(9-6-4-3-5-7-9)10-8-11(10)13(15)16/h3-7,10-12H,8H2,1-2H3,(H,15,16). The van der Waals surface area contributed by atoms with Gasteiger partial charge in [0.15, 0.2) is 0 Å². The molecule has 0 aromatic heterocycles. The van der Waals surface area contributed by atoms with Gasteiger partial charge in [0.25, 0.3) is 0 Å². The maximum absolute atomic E-state index is 10.9. The summed E-state index contributed by atoms with van der Waals surface area (Å²) in [5.74, 6) is -0.560. The monoisotopic (exact) mass is 219 g/mol. The van der Waals surface area contributed by atoms with Gasteiger partial charge in [-0.2, -0.15) is 0 Å². The van der Waals surface area contributed by atoms with E-state index in [-0.39, 0.29) is 17.9 Å². The lowest BCUT2D eigenvalue weighted by Crippen LogP contribution is -2.23. The number of carboxylic acid groups (broad SMARTS) is 1. The molecule has 86 valence electrons. The first-order valence-electron chi connectivity index (χ1n) is 5.55. The lowest BCUT2D eigenvalue weighted by atomic mass is 10.00. The molecule has 0 aliphatic heterocycles. The van der Waals surface area contributed by atoms with Gasteiger partial charge >= 0.3 is 5.97 Å². The van der Waals surface area contributed by atoms with Crippen LogP contribution >= 0.6 is 0 Å². The van der Waals surface area contributed by atoms with E-state index in [4.69, 9.17) is 5.11 Å². The minimum Gasteiger partial charge on any atom is -0.481 e. The molecule has 3 unspecified atom stereocenters. The average molecular weight is 219 g/mol. The molecule has 1 aromatic carbocycles. The van der Waals surface area contributed by atoms with E-state index in [2.05, 4.69) is 17.0 Å². The van der Waals surface area contributed by atoms with Crippen LogP contribution in [-0.2, 0) is 4.79 Å².